The minimum atomic E-state index is -0.252. The van der Waals surface area contributed by atoms with Gasteiger partial charge in [-0.25, -0.2) is 9.37 Å². The van der Waals surface area contributed by atoms with Gasteiger partial charge >= 0.3 is 0 Å². The molecule has 0 aliphatic carbocycles. The first kappa shape index (κ1) is 20.1. The van der Waals surface area contributed by atoms with Gasteiger partial charge in [-0.2, -0.15) is 4.98 Å². The van der Waals surface area contributed by atoms with Crippen LogP contribution in [0.3, 0.4) is 0 Å². The van der Waals surface area contributed by atoms with Gasteiger partial charge in [-0.15, -0.1) is 0 Å². The zero-order chi connectivity index (χ0) is 22.1. The van der Waals surface area contributed by atoms with Crippen molar-refractivity contribution in [2.24, 2.45) is 0 Å². The Balaban J connectivity index is 1.49. The Morgan fingerprint density at radius 2 is 1.75 bits per heavy atom. The molecule has 6 nitrogen and oxygen atoms in total. The van der Waals surface area contributed by atoms with Gasteiger partial charge in [-0.1, -0.05) is 12.1 Å². The van der Waals surface area contributed by atoms with Gasteiger partial charge in [0, 0.05) is 6.20 Å². The van der Waals surface area contributed by atoms with Crippen molar-refractivity contribution in [1.82, 2.24) is 15.0 Å². The molecule has 160 valence electrons. The van der Waals surface area contributed by atoms with Crippen molar-refractivity contribution >= 4 is 11.6 Å². The van der Waals surface area contributed by atoms with Gasteiger partial charge in [0.15, 0.2) is 0 Å². The molecule has 7 heteroatoms. The number of ether oxygens (including phenoxy) is 2. The van der Waals surface area contributed by atoms with Crippen LogP contribution in [0.15, 0.2) is 60.9 Å². The fourth-order valence-corrected chi connectivity index (χ4v) is 3.74. The van der Waals surface area contributed by atoms with E-state index in [2.05, 4.69) is 20.3 Å². The topological polar surface area (TPSA) is 69.2 Å². The van der Waals surface area contributed by atoms with Crippen LogP contribution < -0.4 is 10.1 Å². The predicted octanol–water partition coefficient (Wildman–Crippen LogP) is 5.86. The third-order valence-corrected chi connectivity index (χ3v) is 5.29. The SMILES string of the molecule is Cc1cc(-c2ccc(F)cc2)cc(C)c1Oc1nc(Nc2cccnc2)nc2c1COC2. The highest BCUT2D eigenvalue weighted by Crippen LogP contribution is 2.36. The second-order valence-corrected chi connectivity index (χ2v) is 7.69. The third-order valence-electron chi connectivity index (χ3n) is 5.29. The summed E-state index contributed by atoms with van der Waals surface area (Å²) < 4.78 is 25.2. The summed E-state index contributed by atoms with van der Waals surface area (Å²) >= 11 is 0. The number of aryl methyl sites for hydroxylation is 2. The van der Waals surface area contributed by atoms with Crippen LogP contribution in [-0.4, -0.2) is 15.0 Å². The maximum Gasteiger partial charge on any atom is 0.230 e. The van der Waals surface area contributed by atoms with Crippen molar-refractivity contribution in [1.29, 1.82) is 0 Å². The van der Waals surface area contributed by atoms with Crippen molar-refractivity contribution in [3.8, 4) is 22.8 Å². The summed E-state index contributed by atoms with van der Waals surface area (Å²) in [7, 11) is 0. The predicted molar refractivity (Wildman–Crippen MR) is 119 cm³/mol. The molecule has 32 heavy (non-hydrogen) atoms. The normalized spacial score (nSPS) is 12.5. The van der Waals surface area contributed by atoms with E-state index < -0.39 is 0 Å². The largest absolute Gasteiger partial charge is 0.438 e. The quantitative estimate of drug-likeness (QED) is 0.429. The minimum absolute atomic E-state index is 0.252. The molecule has 1 aliphatic rings. The van der Waals surface area contributed by atoms with E-state index in [0.29, 0.717) is 25.0 Å². The lowest BCUT2D eigenvalue weighted by atomic mass is 10.00. The molecule has 5 rings (SSSR count). The molecule has 0 saturated heterocycles. The Bertz CT molecular complexity index is 1250. The van der Waals surface area contributed by atoms with Gasteiger partial charge in [-0.3, -0.25) is 4.98 Å². The van der Waals surface area contributed by atoms with Crippen LogP contribution in [0.5, 0.6) is 11.6 Å². The minimum Gasteiger partial charge on any atom is -0.438 e. The van der Waals surface area contributed by atoms with Gasteiger partial charge in [0.2, 0.25) is 11.8 Å². The summed E-state index contributed by atoms with van der Waals surface area (Å²) in [4.78, 5) is 13.3. The number of rotatable bonds is 5. The monoisotopic (exact) mass is 428 g/mol. The second-order valence-electron chi connectivity index (χ2n) is 7.69. The highest BCUT2D eigenvalue weighted by molar-refractivity contribution is 5.67. The molecular formula is C25H21FN4O2. The number of hydrogen-bond donors (Lipinski definition) is 1. The highest BCUT2D eigenvalue weighted by Gasteiger charge is 2.23. The van der Waals surface area contributed by atoms with Gasteiger partial charge < -0.3 is 14.8 Å². The first-order valence-electron chi connectivity index (χ1n) is 10.3. The average Bonchev–Trinajstić information content (AvgIpc) is 3.26. The number of hydrogen-bond acceptors (Lipinski definition) is 6. The van der Waals surface area contributed by atoms with Crippen LogP contribution in [0.2, 0.25) is 0 Å². The van der Waals surface area contributed by atoms with Gasteiger partial charge in [0.05, 0.1) is 36.4 Å². The van der Waals surface area contributed by atoms with Crippen molar-refractivity contribution in [2.45, 2.75) is 27.1 Å². The first-order chi connectivity index (χ1) is 15.6. The van der Waals surface area contributed by atoms with E-state index in [9.17, 15) is 4.39 Å². The smallest absolute Gasteiger partial charge is 0.230 e. The number of pyridine rings is 1. The van der Waals surface area contributed by atoms with Crippen LogP contribution in [0, 0.1) is 19.7 Å². The number of halogens is 1. The van der Waals surface area contributed by atoms with Crippen LogP contribution in [0.1, 0.15) is 22.4 Å². The summed E-state index contributed by atoms with van der Waals surface area (Å²) in [5.74, 6) is 1.38. The van der Waals surface area contributed by atoms with Gasteiger partial charge in [-0.05, 0) is 72.5 Å². The Kier molecular flexibility index (Phi) is 5.25. The van der Waals surface area contributed by atoms with E-state index in [1.165, 1.54) is 12.1 Å². The number of fused-ring (bicyclic) bond motifs is 1. The van der Waals surface area contributed by atoms with E-state index in [4.69, 9.17) is 9.47 Å². The standard InChI is InChI=1S/C25H21FN4O2/c1-15-10-18(17-5-7-19(26)8-6-17)11-16(2)23(15)32-24-21-13-31-14-22(21)29-25(30-24)28-20-4-3-9-27-12-20/h3-12H,13-14H2,1-2H3,(H,28,29,30). The fraction of sp³-hybridized carbons (Fsp3) is 0.160. The maximum atomic E-state index is 13.3. The zero-order valence-electron chi connectivity index (χ0n) is 17.7. The lowest BCUT2D eigenvalue weighted by molar-refractivity contribution is 0.132. The lowest BCUT2D eigenvalue weighted by Crippen LogP contribution is -2.05. The van der Waals surface area contributed by atoms with Crippen LogP contribution in [0.4, 0.5) is 16.0 Å². The van der Waals surface area contributed by atoms with Crippen molar-refractivity contribution < 1.29 is 13.9 Å². The average molecular weight is 428 g/mol. The number of nitrogens with zero attached hydrogens (tertiary/aromatic N) is 3. The summed E-state index contributed by atoms with van der Waals surface area (Å²) in [6, 6.07) is 14.3. The molecule has 0 saturated carbocycles. The Morgan fingerprint density at radius 3 is 2.47 bits per heavy atom. The van der Waals surface area contributed by atoms with Gasteiger partial charge in [0.1, 0.15) is 11.6 Å². The number of benzene rings is 2. The molecule has 0 fully saturated rings. The van der Waals surface area contributed by atoms with Crippen LogP contribution >= 0.6 is 0 Å². The molecule has 0 radical (unpaired) electrons. The summed E-state index contributed by atoms with van der Waals surface area (Å²) in [6.07, 6.45) is 3.41. The second kappa shape index (κ2) is 8.36. The van der Waals surface area contributed by atoms with Crippen molar-refractivity contribution in [3.63, 3.8) is 0 Å². The third kappa shape index (κ3) is 4.02. The zero-order valence-corrected chi connectivity index (χ0v) is 17.7. The van der Waals surface area contributed by atoms with E-state index >= 15 is 0 Å². The molecule has 2 aromatic heterocycles. The van der Waals surface area contributed by atoms with Crippen LogP contribution in [-0.2, 0) is 18.0 Å². The van der Waals surface area contributed by atoms with E-state index in [0.717, 1.165) is 44.9 Å². The molecule has 0 atom stereocenters. The van der Waals surface area contributed by atoms with Crippen LogP contribution in [0.25, 0.3) is 11.1 Å². The van der Waals surface area contributed by atoms with Crippen molar-refractivity contribution in [2.75, 3.05) is 5.32 Å². The summed E-state index contributed by atoms with van der Waals surface area (Å²) in [5.41, 5.74) is 6.30. The maximum absolute atomic E-state index is 13.3. The van der Waals surface area contributed by atoms with Crippen molar-refractivity contribution in [3.05, 3.63) is 89.1 Å². The summed E-state index contributed by atoms with van der Waals surface area (Å²) in [5, 5.41) is 3.17. The molecule has 0 amide bonds. The summed E-state index contributed by atoms with van der Waals surface area (Å²) in [6.45, 7) is 4.80. The fourth-order valence-electron chi connectivity index (χ4n) is 3.74. The highest BCUT2D eigenvalue weighted by atomic mass is 19.1. The molecule has 2 aromatic carbocycles. The number of nitrogens with one attached hydrogen (secondary N) is 1. The van der Waals surface area contributed by atoms with E-state index in [-0.39, 0.29) is 5.82 Å². The number of anilines is 2. The molecular weight excluding hydrogens is 407 g/mol. The lowest BCUT2D eigenvalue weighted by Gasteiger charge is -2.16. The molecule has 1 aliphatic heterocycles. The first-order valence-corrected chi connectivity index (χ1v) is 10.3. The molecule has 0 spiro atoms. The van der Waals surface area contributed by atoms with E-state index in [1.807, 2.05) is 38.1 Å². The molecule has 0 unspecified atom stereocenters. The Morgan fingerprint density at radius 1 is 0.969 bits per heavy atom. The molecule has 3 heterocycles. The number of aromatic nitrogens is 3. The van der Waals surface area contributed by atoms with E-state index in [1.54, 1.807) is 24.5 Å². The van der Waals surface area contributed by atoms with Gasteiger partial charge in [0.25, 0.3) is 0 Å². The Labute approximate surface area is 185 Å². The molecule has 4 aromatic rings. The Hall–Kier alpha value is -3.84. The molecule has 0 bridgehead atoms. The molecule has 1 N–H and O–H groups in total.